The number of aromatic nitrogens is 2. The molecule has 0 fully saturated rings. The van der Waals surface area contributed by atoms with E-state index < -0.39 is 0 Å². The summed E-state index contributed by atoms with van der Waals surface area (Å²) < 4.78 is 7.69. The van der Waals surface area contributed by atoms with Crippen LogP contribution >= 0.6 is 0 Å². The quantitative estimate of drug-likeness (QED) is 0.207. The highest BCUT2D eigenvalue weighted by molar-refractivity contribution is 5.68. The predicted molar refractivity (Wildman–Crippen MR) is 152 cm³/mol. The number of phenolic OH excluding ortho intramolecular Hbond substituents is 1. The molecule has 0 saturated heterocycles. The predicted octanol–water partition coefficient (Wildman–Crippen LogP) is 7.53. The first kappa shape index (κ1) is 26.5. The zero-order valence-electron chi connectivity index (χ0n) is 22.4. The van der Waals surface area contributed by atoms with E-state index in [4.69, 9.17) is 9.72 Å². The molecule has 0 aliphatic rings. The number of ether oxygens (including phenoxy) is 1. The van der Waals surface area contributed by atoms with Crippen LogP contribution in [0.2, 0.25) is 0 Å². The molecule has 1 N–H and O–H groups in total. The van der Waals surface area contributed by atoms with E-state index in [0.29, 0.717) is 5.75 Å². The van der Waals surface area contributed by atoms with Gasteiger partial charge in [0.15, 0.2) is 11.5 Å². The fraction of sp³-hybridized carbons (Fsp3) is 0.344. The number of imidazole rings is 1. The smallest absolute Gasteiger partial charge is 0.160 e. The molecule has 3 aromatic carbocycles. The largest absolute Gasteiger partial charge is 0.504 e. The Balaban J connectivity index is 1.78. The normalized spacial score (nSPS) is 11.2. The number of benzene rings is 3. The van der Waals surface area contributed by atoms with Crippen molar-refractivity contribution in [1.82, 2.24) is 14.5 Å². The first-order chi connectivity index (χ1) is 18.1. The van der Waals surface area contributed by atoms with Gasteiger partial charge in [0.1, 0.15) is 5.82 Å². The summed E-state index contributed by atoms with van der Waals surface area (Å²) in [6.07, 6.45) is 4.45. The Kier molecular flexibility index (Phi) is 9.39. The standard InChI is InChI=1S/C32H39N3O2/c1-4-6-20-34(23-25-18-19-30(37-3)29(36)22-25)24-28-31(26-14-10-8-11-15-26)33-32(35(28)21-7-5-2)27-16-12-9-13-17-27/h8-19,22,36H,4-7,20-21,23-24H2,1-3H3. The lowest BCUT2D eigenvalue weighted by molar-refractivity contribution is 0.246. The van der Waals surface area contributed by atoms with E-state index in [-0.39, 0.29) is 5.75 Å². The average Bonchev–Trinajstić information content (AvgIpc) is 3.29. The Morgan fingerprint density at radius 1 is 0.838 bits per heavy atom. The highest BCUT2D eigenvalue weighted by Gasteiger charge is 2.22. The van der Waals surface area contributed by atoms with Gasteiger partial charge in [-0.2, -0.15) is 0 Å². The fourth-order valence-electron chi connectivity index (χ4n) is 4.74. The molecule has 37 heavy (non-hydrogen) atoms. The molecule has 0 unspecified atom stereocenters. The van der Waals surface area contributed by atoms with Crippen molar-refractivity contribution in [3.63, 3.8) is 0 Å². The van der Waals surface area contributed by atoms with Gasteiger partial charge in [0, 0.05) is 30.8 Å². The minimum Gasteiger partial charge on any atom is -0.504 e. The van der Waals surface area contributed by atoms with Crippen molar-refractivity contribution < 1.29 is 9.84 Å². The van der Waals surface area contributed by atoms with Gasteiger partial charge >= 0.3 is 0 Å². The van der Waals surface area contributed by atoms with Crippen LogP contribution in [0.15, 0.2) is 78.9 Å². The van der Waals surface area contributed by atoms with E-state index in [1.807, 2.05) is 18.2 Å². The molecule has 0 saturated carbocycles. The van der Waals surface area contributed by atoms with E-state index >= 15 is 0 Å². The van der Waals surface area contributed by atoms with Crippen molar-refractivity contribution in [2.24, 2.45) is 0 Å². The Bertz CT molecular complexity index is 1250. The Morgan fingerprint density at radius 3 is 2.14 bits per heavy atom. The van der Waals surface area contributed by atoms with Gasteiger partial charge in [-0.3, -0.25) is 4.90 Å². The van der Waals surface area contributed by atoms with Crippen LogP contribution in [0.1, 0.15) is 50.8 Å². The minimum atomic E-state index is 0.180. The zero-order chi connectivity index (χ0) is 26.0. The minimum absolute atomic E-state index is 0.180. The Labute approximate surface area is 221 Å². The van der Waals surface area contributed by atoms with Crippen molar-refractivity contribution in [1.29, 1.82) is 0 Å². The lowest BCUT2D eigenvalue weighted by Gasteiger charge is -2.24. The zero-order valence-corrected chi connectivity index (χ0v) is 22.4. The second kappa shape index (κ2) is 13.1. The van der Waals surface area contributed by atoms with Gasteiger partial charge in [-0.15, -0.1) is 0 Å². The molecule has 5 nitrogen and oxygen atoms in total. The molecule has 0 radical (unpaired) electrons. The van der Waals surface area contributed by atoms with Gasteiger partial charge in [-0.05, 0) is 37.1 Å². The van der Waals surface area contributed by atoms with Gasteiger partial charge in [0.05, 0.1) is 18.5 Å². The highest BCUT2D eigenvalue weighted by Crippen LogP contribution is 2.32. The van der Waals surface area contributed by atoms with Gasteiger partial charge < -0.3 is 14.4 Å². The summed E-state index contributed by atoms with van der Waals surface area (Å²) in [5.74, 6) is 1.71. The topological polar surface area (TPSA) is 50.5 Å². The molecule has 0 atom stereocenters. The van der Waals surface area contributed by atoms with Crippen molar-refractivity contribution in [2.45, 2.75) is 59.2 Å². The number of methoxy groups -OCH3 is 1. The first-order valence-electron chi connectivity index (χ1n) is 13.4. The second-order valence-electron chi connectivity index (χ2n) is 9.54. The summed E-state index contributed by atoms with van der Waals surface area (Å²) in [4.78, 5) is 7.74. The lowest BCUT2D eigenvalue weighted by Crippen LogP contribution is -2.26. The molecule has 1 aromatic heterocycles. The number of hydrogen-bond donors (Lipinski definition) is 1. The molecule has 5 heteroatoms. The second-order valence-corrected chi connectivity index (χ2v) is 9.54. The molecule has 0 aliphatic carbocycles. The number of nitrogens with zero attached hydrogens (tertiary/aromatic N) is 3. The van der Waals surface area contributed by atoms with Crippen molar-refractivity contribution >= 4 is 0 Å². The third kappa shape index (κ3) is 6.60. The molecule has 0 spiro atoms. The van der Waals surface area contributed by atoms with Crippen molar-refractivity contribution in [2.75, 3.05) is 13.7 Å². The van der Waals surface area contributed by atoms with E-state index in [0.717, 1.165) is 80.1 Å². The van der Waals surface area contributed by atoms with Crippen LogP contribution in [0.25, 0.3) is 22.6 Å². The summed E-state index contributed by atoms with van der Waals surface area (Å²) >= 11 is 0. The molecule has 0 amide bonds. The van der Waals surface area contributed by atoms with Crippen LogP contribution in [0.3, 0.4) is 0 Å². The van der Waals surface area contributed by atoms with Crippen LogP contribution in [-0.4, -0.2) is 33.2 Å². The maximum atomic E-state index is 10.4. The maximum Gasteiger partial charge on any atom is 0.160 e. The lowest BCUT2D eigenvalue weighted by atomic mass is 10.1. The SMILES string of the molecule is CCCCN(Cc1ccc(OC)c(O)c1)Cc1c(-c2ccccc2)nc(-c2ccccc2)n1CCCC. The number of rotatable bonds is 13. The Morgan fingerprint density at radius 2 is 1.51 bits per heavy atom. The van der Waals surface area contributed by atoms with Gasteiger partial charge in [0.25, 0.3) is 0 Å². The molecular weight excluding hydrogens is 458 g/mol. The average molecular weight is 498 g/mol. The van der Waals surface area contributed by atoms with Crippen LogP contribution in [0.4, 0.5) is 0 Å². The maximum absolute atomic E-state index is 10.4. The Hall–Kier alpha value is -3.57. The van der Waals surface area contributed by atoms with Crippen molar-refractivity contribution in [3.8, 4) is 34.1 Å². The van der Waals surface area contributed by atoms with E-state index in [2.05, 4.69) is 84.0 Å². The van der Waals surface area contributed by atoms with E-state index in [9.17, 15) is 5.11 Å². The van der Waals surface area contributed by atoms with Crippen LogP contribution in [0.5, 0.6) is 11.5 Å². The molecule has 4 aromatic rings. The van der Waals surface area contributed by atoms with Gasteiger partial charge in [-0.1, -0.05) is 93.4 Å². The van der Waals surface area contributed by atoms with Gasteiger partial charge in [0.2, 0.25) is 0 Å². The number of aromatic hydroxyl groups is 1. The molecule has 194 valence electrons. The van der Waals surface area contributed by atoms with Crippen LogP contribution in [0, 0.1) is 0 Å². The first-order valence-corrected chi connectivity index (χ1v) is 13.4. The van der Waals surface area contributed by atoms with E-state index in [1.54, 1.807) is 7.11 Å². The van der Waals surface area contributed by atoms with Crippen molar-refractivity contribution in [3.05, 3.63) is 90.1 Å². The number of unbranched alkanes of at least 4 members (excludes halogenated alkanes) is 2. The molecule has 0 bridgehead atoms. The number of hydrogen-bond acceptors (Lipinski definition) is 4. The molecule has 1 heterocycles. The summed E-state index contributed by atoms with van der Waals surface area (Å²) in [7, 11) is 1.58. The summed E-state index contributed by atoms with van der Waals surface area (Å²) in [5, 5.41) is 10.4. The highest BCUT2D eigenvalue weighted by atomic mass is 16.5. The monoisotopic (exact) mass is 497 g/mol. The molecule has 0 aliphatic heterocycles. The van der Waals surface area contributed by atoms with Crippen LogP contribution in [-0.2, 0) is 19.6 Å². The summed E-state index contributed by atoms with van der Waals surface area (Å²) in [6, 6.07) is 26.8. The molecular formula is C32H39N3O2. The number of phenols is 1. The summed E-state index contributed by atoms with van der Waals surface area (Å²) in [5.41, 5.74) is 5.64. The fourth-order valence-corrected chi connectivity index (χ4v) is 4.74. The van der Waals surface area contributed by atoms with Gasteiger partial charge in [-0.25, -0.2) is 4.98 Å². The van der Waals surface area contributed by atoms with E-state index in [1.165, 1.54) is 5.69 Å². The summed E-state index contributed by atoms with van der Waals surface area (Å²) in [6.45, 7) is 7.89. The third-order valence-electron chi connectivity index (χ3n) is 6.74. The third-order valence-corrected chi connectivity index (χ3v) is 6.74. The molecule has 4 rings (SSSR count). The van der Waals surface area contributed by atoms with Crippen LogP contribution < -0.4 is 4.74 Å².